The zero-order chi connectivity index (χ0) is 13.8. The summed E-state index contributed by atoms with van der Waals surface area (Å²) in [7, 11) is 1.34. The topological polar surface area (TPSA) is 55.8 Å². The lowest BCUT2D eigenvalue weighted by Gasteiger charge is -2.35. The first-order chi connectivity index (χ1) is 9.11. The Morgan fingerprint density at radius 1 is 1.21 bits per heavy atom. The van der Waals surface area contributed by atoms with E-state index in [0.29, 0.717) is 19.7 Å². The van der Waals surface area contributed by atoms with Gasteiger partial charge < -0.3 is 14.4 Å². The zero-order valence-electron chi connectivity index (χ0n) is 11.8. The molecule has 5 nitrogen and oxygen atoms in total. The molecule has 0 aromatic carbocycles. The van der Waals surface area contributed by atoms with Crippen molar-refractivity contribution in [3.8, 4) is 0 Å². The molecule has 0 N–H and O–H groups in total. The largest absolute Gasteiger partial charge is 0.467 e. The van der Waals surface area contributed by atoms with E-state index in [1.54, 1.807) is 4.90 Å². The Balaban J connectivity index is 1.90. The molecule has 1 saturated heterocycles. The number of carbonyl (C=O) groups is 2. The molecule has 1 aliphatic heterocycles. The maximum absolute atomic E-state index is 12.4. The summed E-state index contributed by atoms with van der Waals surface area (Å²) in [5, 5.41) is 0. The molecule has 2 fully saturated rings. The van der Waals surface area contributed by atoms with Crippen LogP contribution in [0.5, 0.6) is 0 Å². The van der Waals surface area contributed by atoms with Crippen molar-refractivity contribution in [2.24, 2.45) is 11.8 Å². The quantitative estimate of drug-likeness (QED) is 0.707. The summed E-state index contributed by atoms with van der Waals surface area (Å²) < 4.78 is 10.0. The van der Waals surface area contributed by atoms with Gasteiger partial charge in [0.05, 0.1) is 20.3 Å². The smallest absolute Gasteiger partial charge is 0.336 e. The summed E-state index contributed by atoms with van der Waals surface area (Å²) >= 11 is 0. The summed E-state index contributed by atoms with van der Waals surface area (Å²) in [6.07, 6.45) is 3.58. The minimum atomic E-state index is -0.620. The molecule has 1 saturated carbocycles. The SMILES string of the molecule is COC(=O)C1CN(C(=O)C2CCC(C)CC2)CCO1. The lowest BCUT2D eigenvalue weighted by atomic mass is 9.82. The Morgan fingerprint density at radius 3 is 2.53 bits per heavy atom. The van der Waals surface area contributed by atoms with E-state index in [4.69, 9.17) is 4.74 Å². The average Bonchev–Trinajstić information content (AvgIpc) is 2.46. The lowest BCUT2D eigenvalue weighted by Crippen LogP contribution is -2.50. The molecular formula is C14H23NO4. The summed E-state index contributed by atoms with van der Waals surface area (Å²) in [6.45, 7) is 3.56. The Bertz CT molecular complexity index is 336. The normalized spacial score (nSPS) is 31.9. The third kappa shape index (κ3) is 3.47. The second kappa shape index (κ2) is 6.37. The molecule has 0 aromatic heterocycles. The van der Waals surface area contributed by atoms with E-state index in [-0.39, 0.29) is 11.8 Å². The van der Waals surface area contributed by atoms with E-state index < -0.39 is 12.1 Å². The Morgan fingerprint density at radius 2 is 1.89 bits per heavy atom. The van der Waals surface area contributed by atoms with Gasteiger partial charge >= 0.3 is 5.97 Å². The molecule has 1 amide bonds. The third-order valence-electron chi connectivity index (χ3n) is 4.21. The van der Waals surface area contributed by atoms with E-state index in [0.717, 1.165) is 31.6 Å². The molecular weight excluding hydrogens is 246 g/mol. The molecule has 5 heteroatoms. The second-order valence-electron chi connectivity index (χ2n) is 5.62. The maximum Gasteiger partial charge on any atom is 0.336 e. The molecule has 2 rings (SSSR count). The summed E-state index contributed by atoms with van der Waals surface area (Å²) in [6, 6.07) is 0. The number of rotatable bonds is 2. The molecule has 0 aromatic rings. The number of ether oxygens (including phenoxy) is 2. The first-order valence-electron chi connectivity index (χ1n) is 7.10. The molecule has 0 bridgehead atoms. The van der Waals surface area contributed by atoms with Crippen molar-refractivity contribution in [2.75, 3.05) is 26.8 Å². The molecule has 1 heterocycles. The minimum absolute atomic E-state index is 0.132. The van der Waals surface area contributed by atoms with Crippen molar-refractivity contribution < 1.29 is 19.1 Å². The average molecular weight is 269 g/mol. The number of methoxy groups -OCH3 is 1. The first kappa shape index (κ1) is 14.3. The van der Waals surface area contributed by atoms with Gasteiger partial charge in [-0.05, 0) is 31.6 Å². The predicted molar refractivity (Wildman–Crippen MR) is 69.5 cm³/mol. The highest BCUT2D eigenvalue weighted by molar-refractivity contribution is 5.81. The Kier molecular flexibility index (Phi) is 4.80. The van der Waals surface area contributed by atoms with Crippen LogP contribution in [-0.2, 0) is 19.1 Å². The van der Waals surface area contributed by atoms with Gasteiger partial charge in [-0.25, -0.2) is 4.79 Å². The van der Waals surface area contributed by atoms with Gasteiger partial charge in [-0.1, -0.05) is 6.92 Å². The molecule has 0 radical (unpaired) electrons. The van der Waals surface area contributed by atoms with Gasteiger partial charge in [0.1, 0.15) is 0 Å². The highest BCUT2D eigenvalue weighted by Gasteiger charge is 2.34. The number of morpholine rings is 1. The molecule has 2 aliphatic rings. The molecule has 0 spiro atoms. The van der Waals surface area contributed by atoms with Gasteiger partial charge in [-0.3, -0.25) is 4.79 Å². The van der Waals surface area contributed by atoms with Gasteiger partial charge in [-0.15, -0.1) is 0 Å². The number of hydrogen-bond donors (Lipinski definition) is 0. The van der Waals surface area contributed by atoms with Crippen molar-refractivity contribution >= 4 is 11.9 Å². The summed E-state index contributed by atoms with van der Waals surface area (Å²) in [5.41, 5.74) is 0. The highest BCUT2D eigenvalue weighted by Crippen LogP contribution is 2.30. The van der Waals surface area contributed by atoms with E-state index in [1.807, 2.05) is 0 Å². The van der Waals surface area contributed by atoms with Gasteiger partial charge in [0, 0.05) is 12.5 Å². The van der Waals surface area contributed by atoms with Crippen LogP contribution in [0.4, 0.5) is 0 Å². The summed E-state index contributed by atoms with van der Waals surface area (Å²) in [5.74, 6) is 0.656. The Hall–Kier alpha value is -1.10. The van der Waals surface area contributed by atoms with E-state index >= 15 is 0 Å². The lowest BCUT2D eigenvalue weighted by molar-refractivity contribution is -0.163. The van der Waals surface area contributed by atoms with Crippen LogP contribution in [0.2, 0.25) is 0 Å². The van der Waals surface area contributed by atoms with Gasteiger partial charge in [0.15, 0.2) is 6.10 Å². The molecule has 1 atom stereocenters. The molecule has 108 valence electrons. The van der Waals surface area contributed by atoms with E-state index in [9.17, 15) is 9.59 Å². The fourth-order valence-corrected chi connectivity index (χ4v) is 2.89. The zero-order valence-corrected chi connectivity index (χ0v) is 11.8. The fourth-order valence-electron chi connectivity index (χ4n) is 2.89. The van der Waals surface area contributed by atoms with Crippen LogP contribution in [0.1, 0.15) is 32.6 Å². The number of esters is 1. The van der Waals surface area contributed by atoms with Gasteiger partial charge in [-0.2, -0.15) is 0 Å². The first-order valence-corrected chi connectivity index (χ1v) is 7.10. The van der Waals surface area contributed by atoms with Gasteiger partial charge in [0.25, 0.3) is 0 Å². The maximum atomic E-state index is 12.4. The van der Waals surface area contributed by atoms with Crippen molar-refractivity contribution in [1.82, 2.24) is 4.90 Å². The number of carbonyl (C=O) groups excluding carboxylic acids is 2. The Labute approximate surface area is 114 Å². The number of amides is 1. The van der Waals surface area contributed by atoms with E-state index in [2.05, 4.69) is 11.7 Å². The minimum Gasteiger partial charge on any atom is -0.467 e. The van der Waals surface area contributed by atoms with Crippen LogP contribution in [0.15, 0.2) is 0 Å². The van der Waals surface area contributed by atoms with E-state index in [1.165, 1.54) is 7.11 Å². The third-order valence-corrected chi connectivity index (χ3v) is 4.21. The van der Waals surface area contributed by atoms with Crippen LogP contribution in [-0.4, -0.2) is 49.7 Å². The number of hydrogen-bond acceptors (Lipinski definition) is 4. The van der Waals surface area contributed by atoms with Crippen LogP contribution in [0.25, 0.3) is 0 Å². The molecule has 19 heavy (non-hydrogen) atoms. The predicted octanol–water partition coefficient (Wildman–Crippen LogP) is 1.21. The summed E-state index contributed by atoms with van der Waals surface area (Å²) in [4.78, 5) is 25.7. The second-order valence-corrected chi connectivity index (χ2v) is 5.62. The fraction of sp³-hybridized carbons (Fsp3) is 0.857. The monoisotopic (exact) mass is 269 g/mol. The van der Waals surface area contributed by atoms with Crippen molar-refractivity contribution in [2.45, 2.75) is 38.7 Å². The number of nitrogens with zero attached hydrogens (tertiary/aromatic N) is 1. The standard InChI is InChI=1S/C14H23NO4/c1-10-3-5-11(6-4-10)13(16)15-7-8-19-12(9-15)14(17)18-2/h10-12H,3-9H2,1-2H3. The van der Waals surface area contributed by atoms with Gasteiger partial charge in [0.2, 0.25) is 5.91 Å². The van der Waals surface area contributed by atoms with Crippen LogP contribution in [0.3, 0.4) is 0 Å². The molecule has 1 aliphatic carbocycles. The van der Waals surface area contributed by atoms with Crippen molar-refractivity contribution in [1.29, 1.82) is 0 Å². The van der Waals surface area contributed by atoms with Crippen molar-refractivity contribution in [3.05, 3.63) is 0 Å². The molecule has 1 unspecified atom stereocenters. The van der Waals surface area contributed by atoms with Crippen molar-refractivity contribution in [3.63, 3.8) is 0 Å². The van der Waals surface area contributed by atoms with Crippen LogP contribution < -0.4 is 0 Å². The van der Waals surface area contributed by atoms with Crippen LogP contribution in [0, 0.1) is 11.8 Å². The van der Waals surface area contributed by atoms with Crippen LogP contribution >= 0.6 is 0 Å². The highest BCUT2D eigenvalue weighted by atomic mass is 16.6.